The minimum absolute atomic E-state index is 0.0349. The van der Waals surface area contributed by atoms with Gasteiger partial charge in [-0.1, -0.05) is 95.1 Å². The summed E-state index contributed by atoms with van der Waals surface area (Å²) in [5.74, 6) is 0.196. The van der Waals surface area contributed by atoms with Crippen molar-refractivity contribution in [2.75, 3.05) is 18.4 Å². The molecule has 0 radical (unpaired) electrons. The highest BCUT2D eigenvalue weighted by Gasteiger charge is 2.23. The number of nitrogens with zero attached hydrogens (tertiary/aromatic N) is 3. The maximum atomic E-state index is 13.6. The normalized spacial score (nSPS) is 11.3. The summed E-state index contributed by atoms with van der Waals surface area (Å²) in [6.45, 7) is 10.9. The van der Waals surface area contributed by atoms with Crippen molar-refractivity contribution in [1.29, 1.82) is 0 Å². The van der Waals surface area contributed by atoms with Crippen LogP contribution < -0.4 is 5.32 Å². The van der Waals surface area contributed by atoms with Crippen LogP contribution in [0, 0.1) is 6.92 Å². The van der Waals surface area contributed by atoms with Crippen LogP contribution in [0.4, 0.5) is 5.82 Å². The summed E-state index contributed by atoms with van der Waals surface area (Å²) in [7, 11) is 0. The number of aryl methyl sites for hydroxylation is 1. The molecule has 3 aromatic carbocycles. The van der Waals surface area contributed by atoms with E-state index in [-0.39, 0.29) is 23.8 Å². The van der Waals surface area contributed by atoms with Crippen molar-refractivity contribution in [3.8, 4) is 16.8 Å². The number of benzene rings is 3. The molecule has 208 valence electrons. The lowest BCUT2D eigenvalue weighted by Crippen LogP contribution is -2.39. The molecular formula is C34H40N4O2. The van der Waals surface area contributed by atoms with E-state index in [4.69, 9.17) is 5.10 Å². The van der Waals surface area contributed by atoms with Crippen LogP contribution in [0.15, 0.2) is 84.9 Å². The number of hydrogen-bond acceptors (Lipinski definition) is 3. The number of carbonyl (C=O) groups is 2. The summed E-state index contributed by atoms with van der Waals surface area (Å²) in [4.78, 5) is 28.6. The molecule has 6 nitrogen and oxygen atoms in total. The lowest BCUT2D eigenvalue weighted by Gasteiger charge is -2.22. The first-order valence-electron chi connectivity index (χ1n) is 14.1. The SMILES string of the molecule is CCCCCN(CC(=O)Nc1cc(C(C)(C)C)nn1-c1cccc(C)c1)C(=O)c1ccc(-c2ccccc2)cc1. The second-order valence-corrected chi connectivity index (χ2v) is 11.3. The molecule has 0 saturated carbocycles. The van der Waals surface area contributed by atoms with Crippen LogP contribution in [0.25, 0.3) is 16.8 Å². The number of amides is 2. The Balaban J connectivity index is 1.55. The van der Waals surface area contributed by atoms with E-state index in [0.29, 0.717) is 17.9 Å². The standard InChI is InChI=1S/C34H40N4O2/c1-6-7-11-21-37(33(40)28-19-17-27(18-20-28)26-14-9-8-10-15-26)24-32(39)35-31-23-30(34(3,4)5)36-38(31)29-16-12-13-25(2)22-29/h8-10,12-20,22-23H,6-7,11,21,24H2,1-5H3,(H,35,39). The highest BCUT2D eigenvalue weighted by Crippen LogP contribution is 2.27. The van der Waals surface area contributed by atoms with Crippen molar-refractivity contribution in [2.45, 2.75) is 59.3 Å². The minimum atomic E-state index is -0.250. The van der Waals surface area contributed by atoms with Gasteiger partial charge in [0.05, 0.1) is 11.4 Å². The lowest BCUT2D eigenvalue weighted by molar-refractivity contribution is -0.117. The molecule has 2 amide bonds. The van der Waals surface area contributed by atoms with E-state index in [0.717, 1.165) is 47.3 Å². The summed E-state index contributed by atoms with van der Waals surface area (Å²) in [5.41, 5.74) is 5.38. The molecule has 0 unspecified atom stereocenters. The summed E-state index contributed by atoms with van der Waals surface area (Å²) >= 11 is 0. The quantitative estimate of drug-likeness (QED) is 0.215. The molecule has 0 fully saturated rings. The molecular weight excluding hydrogens is 496 g/mol. The van der Waals surface area contributed by atoms with Gasteiger partial charge in [-0.2, -0.15) is 5.10 Å². The first-order valence-corrected chi connectivity index (χ1v) is 14.1. The van der Waals surface area contributed by atoms with Gasteiger partial charge in [0.15, 0.2) is 0 Å². The van der Waals surface area contributed by atoms with Gasteiger partial charge in [0.2, 0.25) is 5.91 Å². The first kappa shape index (κ1) is 28.8. The zero-order valence-electron chi connectivity index (χ0n) is 24.3. The van der Waals surface area contributed by atoms with E-state index < -0.39 is 0 Å². The Kier molecular flexibility index (Phi) is 9.20. The number of hydrogen-bond donors (Lipinski definition) is 1. The van der Waals surface area contributed by atoms with Crippen molar-refractivity contribution in [3.05, 3.63) is 102 Å². The minimum Gasteiger partial charge on any atom is -0.329 e. The van der Waals surface area contributed by atoms with Crippen LogP contribution in [0.2, 0.25) is 0 Å². The van der Waals surface area contributed by atoms with Gasteiger partial charge in [-0.05, 0) is 54.3 Å². The summed E-state index contributed by atoms with van der Waals surface area (Å²) in [5, 5.41) is 7.87. The van der Waals surface area contributed by atoms with Crippen molar-refractivity contribution in [1.82, 2.24) is 14.7 Å². The summed E-state index contributed by atoms with van der Waals surface area (Å²) < 4.78 is 1.77. The molecule has 40 heavy (non-hydrogen) atoms. The van der Waals surface area contributed by atoms with Crippen LogP contribution in [0.5, 0.6) is 0 Å². The highest BCUT2D eigenvalue weighted by molar-refractivity contribution is 5.99. The number of anilines is 1. The molecule has 0 atom stereocenters. The third kappa shape index (κ3) is 7.26. The van der Waals surface area contributed by atoms with Gasteiger partial charge in [-0.15, -0.1) is 0 Å². The zero-order chi connectivity index (χ0) is 28.7. The Labute approximate surface area is 238 Å². The Morgan fingerprint density at radius 3 is 2.23 bits per heavy atom. The molecule has 6 heteroatoms. The molecule has 0 bridgehead atoms. The highest BCUT2D eigenvalue weighted by atomic mass is 16.2. The van der Waals surface area contributed by atoms with Crippen molar-refractivity contribution in [2.24, 2.45) is 0 Å². The zero-order valence-corrected chi connectivity index (χ0v) is 24.3. The molecule has 0 aliphatic carbocycles. The Morgan fingerprint density at radius 1 is 0.875 bits per heavy atom. The number of aromatic nitrogens is 2. The van der Waals surface area contributed by atoms with Crippen LogP contribution >= 0.6 is 0 Å². The Hall–Kier alpha value is -4.19. The fourth-order valence-electron chi connectivity index (χ4n) is 4.57. The van der Waals surface area contributed by atoms with Gasteiger partial charge in [0.1, 0.15) is 12.4 Å². The van der Waals surface area contributed by atoms with Crippen LogP contribution in [0.1, 0.15) is 68.6 Å². The average Bonchev–Trinajstić information content (AvgIpc) is 3.37. The van der Waals surface area contributed by atoms with Gasteiger partial charge in [0.25, 0.3) is 5.91 Å². The number of rotatable bonds is 10. The summed E-state index contributed by atoms with van der Waals surface area (Å²) in [6, 6.07) is 27.6. The van der Waals surface area contributed by atoms with E-state index >= 15 is 0 Å². The van der Waals surface area contributed by atoms with Gasteiger partial charge in [-0.3, -0.25) is 9.59 Å². The van der Waals surface area contributed by atoms with E-state index in [1.165, 1.54) is 0 Å². The molecule has 0 spiro atoms. The molecule has 1 aromatic heterocycles. The summed E-state index contributed by atoms with van der Waals surface area (Å²) in [6.07, 6.45) is 2.87. The number of carbonyl (C=O) groups excluding carboxylic acids is 2. The van der Waals surface area contributed by atoms with E-state index in [1.807, 2.05) is 91.9 Å². The smallest absolute Gasteiger partial charge is 0.254 e. The Morgan fingerprint density at radius 2 is 1.57 bits per heavy atom. The van der Waals surface area contributed by atoms with E-state index in [9.17, 15) is 9.59 Å². The fourth-order valence-corrected chi connectivity index (χ4v) is 4.57. The molecule has 0 aliphatic rings. The maximum Gasteiger partial charge on any atom is 0.254 e. The number of unbranched alkanes of at least 4 members (excludes halogenated alkanes) is 2. The molecule has 4 rings (SSSR count). The van der Waals surface area contributed by atoms with Crippen molar-refractivity contribution < 1.29 is 9.59 Å². The van der Waals surface area contributed by atoms with Crippen LogP contribution in [0.3, 0.4) is 0 Å². The van der Waals surface area contributed by atoms with Gasteiger partial charge >= 0.3 is 0 Å². The second kappa shape index (κ2) is 12.8. The molecule has 0 aliphatic heterocycles. The molecule has 1 heterocycles. The lowest BCUT2D eigenvalue weighted by atomic mass is 9.92. The second-order valence-electron chi connectivity index (χ2n) is 11.3. The predicted octanol–water partition coefficient (Wildman–Crippen LogP) is 7.42. The fraction of sp³-hybridized carbons (Fsp3) is 0.324. The first-order chi connectivity index (χ1) is 19.2. The maximum absolute atomic E-state index is 13.6. The average molecular weight is 537 g/mol. The van der Waals surface area contributed by atoms with Crippen LogP contribution in [-0.4, -0.2) is 39.6 Å². The number of nitrogens with one attached hydrogen (secondary N) is 1. The molecule has 1 N–H and O–H groups in total. The monoisotopic (exact) mass is 536 g/mol. The molecule has 0 saturated heterocycles. The van der Waals surface area contributed by atoms with E-state index in [1.54, 1.807) is 9.58 Å². The van der Waals surface area contributed by atoms with E-state index in [2.05, 4.69) is 33.0 Å². The topological polar surface area (TPSA) is 67.2 Å². The van der Waals surface area contributed by atoms with Crippen molar-refractivity contribution >= 4 is 17.6 Å². The van der Waals surface area contributed by atoms with Gasteiger partial charge in [0, 0.05) is 23.6 Å². The third-order valence-electron chi connectivity index (χ3n) is 6.88. The largest absolute Gasteiger partial charge is 0.329 e. The Bertz CT molecular complexity index is 1430. The van der Waals surface area contributed by atoms with Crippen LogP contribution in [-0.2, 0) is 10.2 Å². The van der Waals surface area contributed by atoms with Crippen molar-refractivity contribution in [3.63, 3.8) is 0 Å². The molecule has 4 aromatic rings. The van der Waals surface area contributed by atoms with Gasteiger partial charge in [-0.25, -0.2) is 4.68 Å². The predicted molar refractivity (Wildman–Crippen MR) is 163 cm³/mol. The van der Waals surface area contributed by atoms with Gasteiger partial charge < -0.3 is 10.2 Å². The third-order valence-corrected chi connectivity index (χ3v) is 6.88.